The molecule has 1 aromatic heterocycles. The molecule has 1 unspecified atom stereocenters. The van der Waals surface area contributed by atoms with Gasteiger partial charge in [-0.3, -0.25) is 4.79 Å². The number of para-hydroxylation sites is 2. The molecule has 6 heteroatoms. The fourth-order valence-corrected chi connectivity index (χ4v) is 4.11. The van der Waals surface area contributed by atoms with E-state index in [9.17, 15) is 4.79 Å². The number of benzene rings is 2. The van der Waals surface area contributed by atoms with Gasteiger partial charge in [0.25, 0.3) is 0 Å². The van der Waals surface area contributed by atoms with E-state index in [2.05, 4.69) is 9.97 Å². The van der Waals surface area contributed by atoms with Crippen molar-refractivity contribution in [1.82, 2.24) is 14.9 Å². The summed E-state index contributed by atoms with van der Waals surface area (Å²) in [6.45, 7) is 1.27. The first-order chi connectivity index (χ1) is 14.3. The summed E-state index contributed by atoms with van der Waals surface area (Å²) >= 11 is 0. The van der Waals surface area contributed by atoms with Crippen molar-refractivity contribution < 1.29 is 14.3 Å². The van der Waals surface area contributed by atoms with Gasteiger partial charge in [0.05, 0.1) is 12.5 Å². The fraction of sp³-hybridized carbons (Fsp3) is 0.261. The van der Waals surface area contributed by atoms with Crippen LogP contribution in [-0.4, -0.2) is 40.0 Å². The van der Waals surface area contributed by atoms with E-state index in [1.54, 1.807) is 12.3 Å². The number of fused-ring (bicyclic) bond motifs is 2. The second kappa shape index (κ2) is 7.54. The van der Waals surface area contributed by atoms with E-state index >= 15 is 0 Å². The van der Waals surface area contributed by atoms with Crippen molar-refractivity contribution in [3.05, 3.63) is 78.2 Å². The number of carbonyl (C=O) groups is 1. The van der Waals surface area contributed by atoms with Crippen LogP contribution in [0.4, 0.5) is 0 Å². The third-order valence-electron chi connectivity index (χ3n) is 5.46. The molecular formula is C23H21N3O3. The average molecular weight is 387 g/mol. The number of hydrogen-bond acceptors (Lipinski definition) is 5. The van der Waals surface area contributed by atoms with Crippen molar-refractivity contribution in [2.24, 2.45) is 0 Å². The molecule has 0 aliphatic carbocycles. The highest BCUT2D eigenvalue weighted by atomic mass is 16.5. The molecule has 1 amide bonds. The van der Waals surface area contributed by atoms with Gasteiger partial charge < -0.3 is 14.4 Å². The van der Waals surface area contributed by atoms with Crippen LogP contribution in [0.2, 0.25) is 0 Å². The van der Waals surface area contributed by atoms with Crippen LogP contribution in [-0.2, 0) is 4.79 Å². The number of ether oxygens (including phenoxy) is 2. The van der Waals surface area contributed by atoms with Crippen LogP contribution in [0.3, 0.4) is 0 Å². The number of piperidine rings is 1. The van der Waals surface area contributed by atoms with E-state index < -0.39 is 0 Å². The van der Waals surface area contributed by atoms with Crippen LogP contribution in [0.15, 0.2) is 67.1 Å². The lowest BCUT2D eigenvalue weighted by molar-refractivity contribution is -0.134. The Morgan fingerprint density at radius 2 is 1.76 bits per heavy atom. The lowest BCUT2D eigenvalue weighted by Gasteiger charge is -2.36. The SMILES string of the molecule is O=C(C1c2ccccc2Oc2ccccc21)N1CCCC(Oc2ccncn2)C1. The Labute approximate surface area is 169 Å². The molecule has 6 nitrogen and oxygen atoms in total. The number of aromatic nitrogens is 2. The van der Waals surface area contributed by atoms with Gasteiger partial charge in [-0.2, -0.15) is 0 Å². The highest BCUT2D eigenvalue weighted by Gasteiger charge is 2.37. The summed E-state index contributed by atoms with van der Waals surface area (Å²) < 4.78 is 12.0. The molecule has 2 aromatic carbocycles. The largest absolute Gasteiger partial charge is 0.472 e. The Balaban J connectivity index is 1.41. The summed E-state index contributed by atoms with van der Waals surface area (Å²) in [6.07, 6.45) is 4.84. The Hall–Kier alpha value is -3.41. The van der Waals surface area contributed by atoms with Crippen molar-refractivity contribution in [3.63, 3.8) is 0 Å². The predicted octanol–water partition coefficient (Wildman–Crippen LogP) is 3.78. The second-order valence-electron chi connectivity index (χ2n) is 7.32. The molecule has 5 rings (SSSR count). The van der Waals surface area contributed by atoms with Crippen molar-refractivity contribution in [2.75, 3.05) is 13.1 Å². The lowest BCUT2D eigenvalue weighted by atomic mass is 9.86. The Bertz CT molecular complexity index is 979. The molecule has 0 N–H and O–H groups in total. The summed E-state index contributed by atoms with van der Waals surface area (Å²) in [6, 6.07) is 17.3. The Morgan fingerprint density at radius 1 is 1.03 bits per heavy atom. The minimum atomic E-state index is -0.367. The van der Waals surface area contributed by atoms with Gasteiger partial charge in [-0.15, -0.1) is 0 Å². The third-order valence-corrected chi connectivity index (χ3v) is 5.46. The van der Waals surface area contributed by atoms with Crippen LogP contribution in [0.5, 0.6) is 17.4 Å². The molecule has 1 saturated heterocycles. The van der Waals surface area contributed by atoms with Gasteiger partial charge in [0.15, 0.2) is 0 Å². The number of likely N-dealkylation sites (tertiary alicyclic amines) is 1. The van der Waals surface area contributed by atoms with E-state index in [1.807, 2.05) is 53.4 Å². The molecule has 29 heavy (non-hydrogen) atoms. The van der Waals surface area contributed by atoms with Gasteiger partial charge in [0, 0.05) is 29.9 Å². The van der Waals surface area contributed by atoms with E-state index in [0.717, 1.165) is 42.0 Å². The van der Waals surface area contributed by atoms with Crippen molar-refractivity contribution in [3.8, 4) is 17.4 Å². The maximum absolute atomic E-state index is 13.7. The molecule has 0 saturated carbocycles. The Morgan fingerprint density at radius 3 is 2.45 bits per heavy atom. The number of hydrogen-bond donors (Lipinski definition) is 0. The number of rotatable bonds is 3. The minimum Gasteiger partial charge on any atom is -0.472 e. The van der Waals surface area contributed by atoms with Gasteiger partial charge >= 0.3 is 0 Å². The summed E-state index contributed by atoms with van der Waals surface area (Å²) in [4.78, 5) is 23.6. The van der Waals surface area contributed by atoms with Crippen LogP contribution in [0.1, 0.15) is 29.9 Å². The molecule has 2 aliphatic heterocycles. The molecule has 1 fully saturated rings. The quantitative estimate of drug-likeness (QED) is 0.684. The summed E-state index contributed by atoms with van der Waals surface area (Å²) in [5.41, 5.74) is 1.82. The molecule has 146 valence electrons. The van der Waals surface area contributed by atoms with Gasteiger partial charge in [0.2, 0.25) is 11.8 Å². The zero-order chi connectivity index (χ0) is 19.6. The zero-order valence-corrected chi connectivity index (χ0v) is 15.9. The fourth-order valence-electron chi connectivity index (χ4n) is 4.11. The van der Waals surface area contributed by atoms with Gasteiger partial charge in [-0.05, 0) is 25.0 Å². The molecule has 0 spiro atoms. The van der Waals surface area contributed by atoms with Crippen molar-refractivity contribution in [1.29, 1.82) is 0 Å². The van der Waals surface area contributed by atoms with Crippen molar-refractivity contribution >= 4 is 5.91 Å². The second-order valence-corrected chi connectivity index (χ2v) is 7.32. The van der Waals surface area contributed by atoms with Gasteiger partial charge in [-0.1, -0.05) is 36.4 Å². The van der Waals surface area contributed by atoms with Crippen LogP contribution in [0.25, 0.3) is 0 Å². The third kappa shape index (κ3) is 3.42. The smallest absolute Gasteiger partial charge is 0.234 e. The first-order valence-corrected chi connectivity index (χ1v) is 9.87. The molecule has 3 heterocycles. The van der Waals surface area contributed by atoms with E-state index in [1.165, 1.54) is 6.33 Å². The maximum Gasteiger partial charge on any atom is 0.234 e. The molecule has 0 bridgehead atoms. The maximum atomic E-state index is 13.7. The van der Waals surface area contributed by atoms with Crippen molar-refractivity contribution in [2.45, 2.75) is 24.9 Å². The Kier molecular flexibility index (Phi) is 4.60. The van der Waals surface area contributed by atoms with Crippen LogP contribution < -0.4 is 9.47 Å². The van der Waals surface area contributed by atoms with E-state index in [0.29, 0.717) is 12.4 Å². The van der Waals surface area contributed by atoms with Crippen LogP contribution in [0, 0.1) is 0 Å². The van der Waals surface area contributed by atoms with Crippen LogP contribution >= 0.6 is 0 Å². The molecule has 1 atom stereocenters. The van der Waals surface area contributed by atoms with Gasteiger partial charge in [0.1, 0.15) is 23.9 Å². The first-order valence-electron chi connectivity index (χ1n) is 9.87. The zero-order valence-electron chi connectivity index (χ0n) is 15.9. The lowest BCUT2D eigenvalue weighted by Crippen LogP contribution is -2.46. The standard InChI is InChI=1S/C23H21N3O3/c27-23(26-13-5-6-16(14-26)28-21-11-12-24-15-25-21)22-17-7-1-3-9-19(17)29-20-10-4-2-8-18(20)22/h1-4,7-12,15-16,22H,5-6,13-14H2. The summed E-state index contributed by atoms with van der Waals surface area (Å²) in [5.74, 6) is 1.75. The van der Waals surface area contributed by atoms with E-state index in [-0.39, 0.29) is 17.9 Å². The monoisotopic (exact) mass is 387 g/mol. The average Bonchev–Trinajstić information content (AvgIpc) is 2.78. The molecule has 0 radical (unpaired) electrons. The highest BCUT2D eigenvalue weighted by molar-refractivity contribution is 5.89. The number of nitrogens with zero attached hydrogens (tertiary/aromatic N) is 3. The normalized spacial score (nSPS) is 18.3. The molecule has 2 aliphatic rings. The minimum absolute atomic E-state index is 0.0760. The predicted molar refractivity (Wildman–Crippen MR) is 107 cm³/mol. The summed E-state index contributed by atoms with van der Waals surface area (Å²) in [7, 11) is 0. The topological polar surface area (TPSA) is 64.5 Å². The first kappa shape index (κ1) is 17.7. The summed E-state index contributed by atoms with van der Waals surface area (Å²) in [5, 5.41) is 0. The van der Waals surface area contributed by atoms with E-state index in [4.69, 9.17) is 9.47 Å². The van der Waals surface area contributed by atoms with Gasteiger partial charge in [-0.25, -0.2) is 9.97 Å². The molecular weight excluding hydrogens is 366 g/mol. The highest BCUT2D eigenvalue weighted by Crippen LogP contribution is 2.44. The number of amides is 1. The molecule has 3 aromatic rings. The number of carbonyl (C=O) groups excluding carboxylic acids is 1.